The summed E-state index contributed by atoms with van der Waals surface area (Å²) in [5.41, 5.74) is 0. The third kappa shape index (κ3) is 15.7. The van der Waals surface area contributed by atoms with E-state index in [9.17, 15) is 13.7 Å². The van der Waals surface area contributed by atoms with Gasteiger partial charge in [-0.25, -0.2) is 0 Å². The van der Waals surface area contributed by atoms with Crippen molar-refractivity contribution in [1.82, 2.24) is 20.0 Å². The molecule has 29 heavy (non-hydrogen) atoms. The maximum Gasteiger partial charge on any atom is 0.317 e. The lowest BCUT2D eigenvalue weighted by atomic mass is 10.3. The molecular formula is C13H33N4O9P3. The van der Waals surface area contributed by atoms with Gasteiger partial charge in [0.1, 0.15) is 20.2 Å². The number of nitrogens with one attached hydrogen (secondary N) is 1. The second kappa shape index (κ2) is 16.9. The first-order valence-corrected chi connectivity index (χ1v) is 13.1. The minimum Gasteiger partial charge on any atom is -0.326 e. The Morgan fingerprint density at radius 2 is 1.03 bits per heavy atom. The van der Waals surface area contributed by atoms with Gasteiger partial charge in [-0.2, -0.15) is 0 Å². The van der Waals surface area contributed by atoms with Crippen molar-refractivity contribution in [2.75, 3.05) is 72.6 Å². The molecule has 0 saturated carbocycles. The van der Waals surface area contributed by atoms with Crippen LogP contribution >= 0.6 is 24.8 Å². The van der Waals surface area contributed by atoms with Gasteiger partial charge in [0.15, 0.2) is 0 Å². The van der Waals surface area contributed by atoms with E-state index in [1.165, 1.54) is 0 Å². The Balaban J connectivity index is 2.65. The predicted octanol–water partition coefficient (Wildman–Crippen LogP) is -0.656. The molecule has 1 aliphatic heterocycles. The summed E-state index contributed by atoms with van der Waals surface area (Å²) in [6.45, 7) is 4.99. The standard InChI is InChI=1S/C13H33N4O9P3/c18-27(19)24-11-15-6-2-7-17(13-26-29(22)23)10-9-16(12-25-28(20)21)5-1-3-14-4-8-15/h14,27-29H,1-13H2,(H,18,19)(H,20,21)(H,22,23). The van der Waals surface area contributed by atoms with Crippen molar-refractivity contribution in [2.24, 2.45) is 0 Å². The van der Waals surface area contributed by atoms with Crippen LogP contribution in [0.25, 0.3) is 0 Å². The van der Waals surface area contributed by atoms with E-state index in [0.717, 1.165) is 13.0 Å². The molecule has 1 aliphatic rings. The van der Waals surface area contributed by atoms with Crippen molar-refractivity contribution in [3.8, 4) is 0 Å². The summed E-state index contributed by atoms with van der Waals surface area (Å²) in [5.74, 6) is 0. The SMILES string of the molecule is O=[PH](O)OCN1CCCN(CO[PH](=O)O)CCN(CO[PH](=O)O)CCCNCC1. The Kier molecular flexibility index (Phi) is 15.9. The van der Waals surface area contributed by atoms with Crippen LogP contribution in [0.5, 0.6) is 0 Å². The fourth-order valence-electron chi connectivity index (χ4n) is 2.75. The van der Waals surface area contributed by atoms with E-state index in [0.29, 0.717) is 52.2 Å². The molecule has 0 bridgehead atoms. The summed E-state index contributed by atoms with van der Waals surface area (Å²) in [6.07, 6.45) is 1.48. The average Bonchev–Trinajstić information content (AvgIpc) is 2.65. The molecule has 1 fully saturated rings. The van der Waals surface area contributed by atoms with Crippen molar-refractivity contribution in [3.05, 3.63) is 0 Å². The lowest BCUT2D eigenvalue weighted by Crippen LogP contribution is -2.41. The third-order valence-corrected chi connectivity index (χ3v) is 5.35. The van der Waals surface area contributed by atoms with Crippen LogP contribution in [0, 0.1) is 0 Å². The van der Waals surface area contributed by atoms with Crippen LogP contribution in [-0.4, -0.2) is 102 Å². The smallest absolute Gasteiger partial charge is 0.317 e. The zero-order chi connectivity index (χ0) is 21.5. The molecule has 0 aliphatic carbocycles. The fraction of sp³-hybridized carbons (Fsp3) is 1.00. The van der Waals surface area contributed by atoms with Crippen LogP contribution in [0.4, 0.5) is 0 Å². The first-order chi connectivity index (χ1) is 13.9. The minimum atomic E-state index is -3.05. The lowest BCUT2D eigenvalue weighted by molar-refractivity contribution is 0.0693. The first kappa shape index (κ1) is 27.3. The van der Waals surface area contributed by atoms with Crippen molar-refractivity contribution >= 4 is 24.8 Å². The molecule has 1 rings (SSSR count). The zero-order valence-electron chi connectivity index (χ0n) is 16.3. The van der Waals surface area contributed by atoms with E-state index in [1.54, 1.807) is 0 Å². The van der Waals surface area contributed by atoms with Gasteiger partial charge in [0, 0.05) is 45.8 Å². The van der Waals surface area contributed by atoms with Crippen molar-refractivity contribution in [1.29, 1.82) is 0 Å². The molecule has 0 amide bonds. The average molecular weight is 482 g/mol. The van der Waals surface area contributed by atoms with Crippen LogP contribution in [0.15, 0.2) is 0 Å². The van der Waals surface area contributed by atoms with E-state index in [1.807, 2.05) is 14.7 Å². The number of nitrogens with zero attached hydrogens (tertiary/aromatic N) is 3. The molecule has 13 nitrogen and oxygen atoms in total. The van der Waals surface area contributed by atoms with Crippen molar-refractivity contribution < 1.29 is 41.9 Å². The summed E-state index contributed by atoms with van der Waals surface area (Å²) < 4.78 is 47.2. The second-order valence-corrected chi connectivity index (χ2v) is 8.89. The Labute approximate surface area is 172 Å². The highest BCUT2D eigenvalue weighted by Crippen LogP contribution is 2.17. The predicted molar refractivity (Wildman–Crippen MR) is 108 cm³/mol. The molecule has 0 spiro atoms. The zero-order valence-corrected chi connectivity index (χ0v) is 19.3. The fourth-order valence-corrected chi connectivity index (χ4v) is 3.63. The summed E-state index contributed by atoms with van der Waals surface area (Å²) >= 11 is 0. The minimum absolute atomic E-state index is 0.0119. The number of rotatable bonds is 9. The molecule has 3 unspecified atom stereocenters. The van der Waals surface area contributed by atoms with E-state index in [4.69, 9.17) is 28.3 Å². The van der Waals surface area contributed by atoms with Gasteiger partial charge in [0.2, 0.25) is 0 Å². The van der Waals surface area contributed by atoms with Crippen molar-refractivity contribution in [3.63, 3.8) is 0 Å². The van der Waals surface area contributed by atoms with Gasteiger partial charge in [-0.15, -0.1) is 0 Å². The first-order valence-electron chi connectivity index (χ1n) is 9.31. The highest BCUT2D eigenvalue weighted by molar-refractivity contribution is 7.32. The second-order valence-electron chi connectivity index (χ2n) is 6.43. The third-order valence-electron chi connectivity index (χ3n) is 4.23. The molecule has 1 heterocycles. The molecule has 0 aromatic carbocycles. The highest BCUT2D eigenvalue weighted by atomic mass is 31.1. The molecule has 4 N–H and O–H groups in total. The van der Waals surface area contributed by atoms with Crippen LogP contribution in [-0.2, 0) is 27.3 Å². The van der Waals surface area contributed by atoms with E-state index in [-0.39, 0.29) is 20.2 Å². The van der Waals surface area contributed by atoms with Crippen LogP contribution in [0.3, 0.4) is 0 Å². The van der Waals surface area contributed by atoms with Gasteiger partial charge in [-0.05, 0) is 19.4 Å². The van der Waals surface area contributed by atoms with Gasteiger partial charge in [-0.3, -0.25) is 42.0 Å². The highest BCUT2D eigenvalue weighted by Gasteiger charge is 2.14. The molecule has 3 atom stereocenters. The Morgan fingerprint density at radius 3 is 1.48 bits per heavy atom. The van der Waals surface area contributed by atoms with Gasteiger partial charge in [-0.1, -0.05) is 0 Å². The largest absolute Gasteiger partial charge is 0.326 e. The van der Waals surface area contributed by atoms with E-state index in [2.05, 4.69) is 5.32 Å². The monoisotopic (exact) mass is 482 g/mol. The quantitative estimate of drug-likeness (QED) is 0.307. The Bertz CT molecular complexity index is 520. The van der Waals surface area contributed by atoms with E-state index < -0.39 is 24.8 Å². The molecule has 0 radical (unpaired) electrons. The molecular weight excluding hydrogens is 449 g/mol. The van der Waals surface area contributed by atoms with Crippen molar-refractivity contribution in [2.45, 2.75) is 12.8 Å². The Morgan fingerprint density at radius 1 is 0.621 bits per heavy atom. The number of hydrogen-bond donors (Lipinski definition) is 4. The topological polar surface area (TPSA) is 161 Å². The van der Waals surface area contributed by atoms with Crippen LogP contribution in [0.2, 0.25) is 0 Å². The molecule has 0 aromatic heterocycles. The molecule has 0 aromatic rings. The lowest BCUT2D eigenvalue weighted by Gasteiger charge is -2.28. The van der Waals surface area contributed by atoms with Crippen LogP contribution in [0.1, 0.15) is 12.8 Å². The molecule has 1 saturated heterocycles. The van der Waals surface area contributed by atoms with Gasteiger partial charge < -0.3 is 20.0 Å². The van der Waals surface area contributed by atoms with E-state index >= 15 is 0 Å². The summed E-state index contributed by atoms with van der Waals surface area (Å²) in [5, 5.41) is 3.29. The summed E-state index contributed by atoms with van der Waals surface area (Å²) in [4.78, 5) is 32.4. The van der Waals surface area contributed by atoms with Gasteiger partial charge in [0.25, 0.3) is 0 Å². The molecule has 174 valence electrons. The van der Waals surface area contributed by atoms with Crippen LogP contribution < -0.4 is 5.32 Å². The summed E-state index contributed by atoms with van der Waals surface area (Å²) in [7, 11) is -9.07. The maximum atomic E-state index is 10.9. The van der Waals surface area contributed by atoms with Gasteiger partial charge in [0.05, 0.1) is 0 Å². The summed E-state index contributed by atoms with van der Waals surface area (Å²) in [6, 6.07) is 0. The maximum absolute atomic E-state index is 10.9. The number of hydrogen-bond acceptors (Lipinski definition) is 10. The van der Waals surface area contributed by atoms with Gasteiger partial charge >= 0.3 is 24.8 Å². The Hall–Kier alpha value is 0.290. The molecule has 16 heteroatoms. The normalized spacial score (nSPS) is 23.3.